The Balaban J connectivity index is 1.72. The minimum Gasteiger partial charge on any atom is -0.359 e. The molecule has 1 aromatic carbocycles. The molecule has 0 N–H and O–H groups in total. The Morgan fingerprint density at radius 2 is 1.88 bits per heavy atom. The van der Waals surface area contributed by atoms with Crippen LogP contribution >= 0.6 is 0 Å². The van der Waals surface area contributed by atoms with Gasteiger partial charge in [-0.1, -0.05) is 56.2 Å². The fourth-order valence-corrected chi connectivity index (χ4v) is 4.31. The lowest BCUT2D eigenvalue weighted by atomic mass is 9.96. The van der Waals surface area contributed by atoms with Crippen molar-refractivity contribution in [2.45, 2.75) is 58.2 Å². The molecular weight excluding hydrogens is 308 g/mol. The minimum atomic E-state index is 0.294. The van der Waals surface area contributed by atoms with Gasteiger partial charge in [-0.05, 0) is 38.0 Å². The Kier molecular flexibility index (Phi) is 4.20. The molecule has 4 rings (SSSR count). The third-order valence-electron chi connectivity index (χ3n) is 5.47. The number of hydrogen-bond acceptors (Lipinski definition) is 3. The van der Waals surface area contributed by atoms with Crippen molar-refractivity contribution in [1.82, 2.24) is 19.7 Å². The molecule has 3 heterocycles. The van der Waals surface area contributed by atoms with Crippen molar-refractivity contribution in [3.63, 3.8) is 0 Å². The molecule has 0 spiro atoms. The second-order valence-electron chi connectivity index (χ2n) is 7.10. The number of aryl methyl sites for hydroxylation is 1. The first-order chi connectivity index (χ1) is 12.2. The highest BCUT2D eigenvalue weighted by Crippen LogP contribution is 2.43. The molecule has 25 heavy (non-hydrogen) atoms. The summed E-state index contributed by atoms with van der Waals surface area (Å²) >= 11 is 0. The van der Waals surface area contributed by atoms with Gasteiger partial charge >= 0.3 is 0 Å². The zero-order valence-electron chi connectivity index (χ0n) is 15.3. The van der Waals surface area contributed by atoms with Crippen molar-refractivity contribution in [1.29, 1.82) is 0 Å². The van der Waals surface area contributed by atoms with Crippen LogP contribution < -0.4 is 0 Å². The van der Waals surface area contributed by atoms with Crippen LogP contribution in [0.25, 0.3) is 6.08 Å². The first-order valence-electron chi connectivity index (χ1n) is 9.32. The van der Waals surface area contributed by atoms with Crippen LogP contribution in [0.2, 0.25) is 0 Å². The number of aromatic nitrogens is 3. The maximum Gasteiger partial charge on any atom is 0.157 e. The number of rotatable bonds is 5. The maximum atomic E-state index is 4.30. The second-order valence-corrected chi connectivity index (χ2v) is 7.10. The van der Waals surface area contributed by atoms with Gasteiger partial charge in [0.15, 0.2) is 5.82 Å². The van der Waals surface area contributed by atoms with Crippen LogP contribution in [0, 0.1) is 6.92 Å². The summed E-state index contributed by atoms with van der Waals surface area (Å²) < 4.78 is 2.27. The minimum absolute atomic E-state index is 0.294. The largest absolute Gasteiger partial charge is 0.359 e. The third-order valence-corrected chi connectivity index (χ3v) is 5.47. The lowest BCUT2D eigenvalue weighted by Crippen LogP contribution is -2.38. The predicted molar refractivity (Wildman–Crippen MR) is 101 cm³/mol. The molecule has 0 saturated heterocycles. The molecule has 0 amide bonds. The van der Waals surface area contributed by atoms with Crippen LogP contribution in [0.3, 0.4) is 0 Å². The third kappa shape index (κ3) is 2.70. The molecule has 130 valence electrons. The Morgan fingerprint density at radius 3 is 2.64 bits per heavy atom. The molecule has 1 aromatic heterocycles. The van der Waals surface area contributed by atoms with Crippen LogP contribution in [0.1, 0.15) is 62.4 Å². The van der Waals surface area contributed by atoms with Gasteiger partial charge in [-0.25, -0.2) is 0 Å². The number of benzene rings is 1. The summed E-state index contributed by atoms with van der Waals surface area (Å²) in [7, 11) is 0. The molecule has 0 bridgehead atoms. The summed E-state index contributed by atoms with van der Waals surface area (Å²) in [5, 5.41) is 8.57. The second kappa shape index (κ2) is 6.51. The van der Waals surface area contributed by atoms with Crippen molar-refractivity contribution in [2.75, 3.05) is 0 Å². The van der Waals surface area contributed by atoms with Crippen LogP contribution in [0.5, 0.6) is 0 Å². The molecule has 3 unspecified atom stereocenters. The summed E-state index contributed by atoms with van der Waals surface area (Å²) in [4.78, 5) is 2.61. The van der Waals surface area contributed by atoms with Crippen molar-refractivity contribution in [2.24, 2.45) is 0 Å². The van der Waals surface area contributed by atoms with E-state index in [0.717, 1.165) is 11.6 Å². The standard InChI is InChI=1S/C21H26N4/c1-4-5-11-18(17-9-7-6-8-10-17)24-15(2)14-20-19(24)12-13-21-23-22-16(3)25(20)21/h6-10,12-14,18-20H,4-5,11H2,1-3H3. The Morgan fingerprint density at radius 1 is 1.08 bits per heavy atom. The van der Waals surface area contributed by atoms with Crippen molar-refractivity contribution < 1.29 is 0 Å². The number of hydrogen-bond donors (Lipinski definition) is 0. The molecule has 2 aliphatic heterocycles. The number of fused-ring (bicyclic) bond motifs is 3. The molecule has 3 atom stereocenters. The molecule has 0 aliphatic carbocycles. The number of nitrogens with zero attached hydrogens (tertiary/aromatic N) is 4. The predicted octanol–water partition coefficient (Wildman–Crippen LogP) is 4.67. The SMILES string of the molecule is CCCCC(c1ccccc1)N1C(C)=CC2C1C=Cc1nnc(C)n12. The van der Waals surface area contributed by atoms with Gasteiger partial charge < -0.3 is 9.47 Å². The average molecular weight is 334 g/mol. The summed E-state index contributed by atoms with van der Waals surface area (Å²) in [5.74, 6) is 1.96. The van der Waals surface area contributed by atoms with Crippen LogP contribution in [-0.2, 0) is 0 Å². The fourth-order valence-electron chi connectivity index (χ4n) is 4.31. The van der Waals surface area contributed by atoms with E-state index >= 15 is 0 Å². The Hall–Kier alpha value is -2.36. The van der Waals surface area contributed by atoms with Gasteiger partial charge in [0.2, 0.25) is 0 Å². The molecule has 0 saturated carbocycles. The number of unbranched alkanes of at least 4 members (excludes halogenated alkanes) is 1. The van der Waals surface area contributed by atoms with E-state index < -0.39 is 0 Å². The van der Waals surface area contributed by atoms with Gasteiger partial charge in [0, 0.05) is 5.70 Å². The summed E-state index contributed by atoms with van der Waals surface area (Å²) in [5.41, 5.74) is 2.76. The first-order valence-corrected chi connectivity index (χ1v) is 9.32. The lowest BCUT2D eigenvalue weighted by molar-refractivity contribution is 0.195. The van der Waals surface area contributed by atoms with Crippen LogP contribution in [0.15, 0.2) is 48.2 Å². The topological polar surface area (TPSA) is 34.0 Å². The van der Waals surface area contributed by atoms with Gasteiger partial charge in [-0.2, -0.15) is 0 Å². The van der Waals surface area contributed by atoms with Gasteiger partial charge in [0.05, 0.1) is 18.1 Å². The zero-order chi connectivity index (χ0) is 17.4. The summed E-state index contributed by atoms with van der Waals surface area (Å²) in [6.07, 6.45) is 10.5. The Bertz CT molecular complexity index is 803. The number of allylic oxidation sites excluding steroid dienone is 1. The van der Waals surface area contributed by atoms with E-state index in [4.69, 9.17) is 0 Å². The quantitative estimate of drug-likeness (QED) is 0.796. The van der Waals surface area contributed by atoms with Crippen molar-refractivity contribution in [3.05, 3.63) is 65.4 Å². The normalized spacial score (nSPS) is 22.5. The summed E-state index contributed by atoms with van der Waals surface area (Å²) in [6.45, 7) is 6.56. The van der Waals surface area contributed by atoms with E-state index in [1.165, 1.54) is 30.5 Å². The van der Waals surface area contributed by atoms with E-state index in [0.29, 0.717) is 18.1 Å². The molecule has 2 aliphatic rings. The molecular formula is C21H26N4. The first kappa shape index (κ1) is 16.1. The van der Waals surface area contributed by atoms with Crippen LogP contribution in [0.4, 0.5) is 0 Å². The van der Waals surface area contributed by atoms with Gasteiger partial charge in [0.25, 0.3) is 0 Å². The summed E-state index contributed by atoms with van der Waals surface area (Å²) in [6, 6.07) is 12.0. The average Bonchev–Trinajstić information content (AvgIpc) is 3.16. The molecule has 4 heteroatoms. The van der Waals surface area contributed by atoms with E-state index in [9.17, 15) is 0 Å². The van der Waals surface area contributed by atoms with E-state index in [2.05, 4.69) is 82.1 Å². The molecule has 0 fully saturated rings. The van der Waals surface area contributed by atoms with Crippen LogP contribution in [-0.4, -0.2) is 25.7 Å². The fraction of sp³-hybridized carbons (Fsp3) is 0.429. The highest BCUT2D eigenvalue weighted by molar-refractivity contribution is 5.48. The Labute approximate surface area is 149 Å². The molecule has 4 nitrogen and oxygen atoms in total. The molecule has 0 radical (unpaired) electrons. The van der Waals surface area contributed by atoms with Gasteiger partial charge in [0.1, 0.15) is 5.82 Å². The van der Waals surface area contributed by atoms with Gasteiger partial charge in [-0.15, -0.1) is 10.2 Å². The zero-order valence-corrected chi connectivity index (χ0v) is 15.3. The highest BCUT2D eigenvalue weighted by atomic mass is 15.3. The molecule has 2 aromatic rings. The smallest absolute Gasteiger partial charge is 0.157 e. The highest BCUT2D eigenvalue weighted by Gasteiger charge is 2.39. The van der Waals surface area contributed by atoms with E-state index in [1.807, 2.05) is 6.92 Å². The van der Waals surface area contributed by atoms with Crippen molar-refractivity contribution >= 4 is 6.08 Å². The van der Waals surface area contributed by atoms with Gasteiger partial charge in [-0.3, -0.25) is 0 Å². The van der Waals surface area contributed by atoms with E-state index in [1.54, 1.807) is 0 Å². The maximum absolute atomic E-state index is 4.30. The van der Waals surface area contributed by atoms with Crippen molar-refractivity contribution in [3.8, 4) is 0 Å². The lowest BCUT2D eigenvalue weighted by Gasteiger charge is -2.39. The van der Waals surface area contributed by atoms with E-state index in [-0.39, 0.29) is 0 Å². The monoisotopic (exact) mass is 334 g/mol.